The van der Waals surface area contributed by atoms with E-state index in [1.807, 2.05) is 0 Å². The van der Waals surface area contributed by atoms with Crippen molar-refractivity contribution in [3.8, 4) is 0 Å². The maximum Gasteiger partial charge on any atom is 0.397 e. The molecule has 3 saturated carbocycles. The van der Waals surface area contributed by atoms with Crippen LogP contribution in [0.1, 0.15) is 112 Å². The van der Waals surface area contributed by atoms with Gasteiger partial charge in [-0.15, -0.1) is 0 Å². The second-order valence-corrected chi connectivity index (χ2v) is 19.7. The van der Waals surface area contributed by atoms with Crippen LogP contribution in [-0.2, 0) is 33.5 Å². The summed E-state index contributed by atoms with van der Waals surface area (Å²) in [5.74, 6) is 4.40. The number of allylic oxidation sites excluding steroid dienone is 1. The summed E-state index contributed by atoms with van der Waals surface area (Å²) < 4.78 is 58.6. The zero-order valence-electron chi connectivity index (χ0n) is 33.2. The molecule has 2 aliphatic heterocycles. The highest BCUT2D eigenvalue weighted by Crippen LogP contribution is 2.67. The van der Waals surface area contributed by atoms with E-state index in [0.29, 0.717) is 23.7 Å². The molecule has 5 fully saturated rings. The van der Waals surface area contributed by atoms with Gasteiger partial charge in [0.1, 0.15) is 42.7 Å². The van der Waals surface area contributed by atoms with Crippen LogP contribution in [0.25, 0.3) is 0 Å². The highest BCUT2D eigenvalue weighted by atomic mass is 32.3. The van der Waals surface area contributed by atoms with Crippen LogP contribution in [0.5, 0.6) is 0 Å². The van der Waals surface area contributed by atoms with Gasteiger partial charge < -0.3 is 49.6 Å². The standard InChI is InChI=1S/C40H68O14S/c1-21(2)7-6-8-22(3)26-11-12-27-25-10-9-23-19-24(13-16-39(23,4)28(25)14-17-40(26,27)5)51-37-35(46)33(44)36(30(20-41)53-37)54-38-34(45)32(43)31(42)29(52-38)15-18-50-55(47,48)49/h9,21-22,24-38,41-46H,6-8,10-20H2,1-5H3,(H,47,48,49)/t22-,24+,25+,26-,27+,28+,29?,30?,31-,32+,33-,34?,35?,36-,37-,38-,39+,40-/m1/s1. The maximum absolute atomic E-state index is 11.2. The van der Waals surface area contributed by atoms with Crippen molar-refractivity contribution in [2.45, 2.75) is 179 Å². The van der Waals surface area contributed by atoms with Crippen LogP contribution >= 0.6 is 0 Å². The molecule has 14 nitrogen and oxygen atoms in total. The fourth-order valence-electron chi connectivity index (χ4n) is 12.0. The van der Waals surface area contributed by atoms with Gasteiger partial charge in [-0.3, -0.25) is 4.55 Å². The number of aliphatic hydroxyl groups excluding tert-OH is 6. The molecule has 318 valence electrons. The molecule has 18 atom stereocenters. The second-order valence-electron chi connectivity index (χ2n) is 18.7. The summed E-state index contributed by atoms with van der Waals surface area (Å²) in [5.41, 5.74) is 1.89. The topological polar surface area (TPSA) is 222 Å². The molecule has 0 aromatic heterocycles. The van der Waals surface area contributed by atoms with Crippen LogP contribution in [0.4, 0.5) is 0 Å². The molecule has 7 N–H and O–H groups in total. The largest absolute Gasteiger partial charge is 0.397 e. The summed E-state index contributed by atoms with van der Waals surface area (Å²) in [6.07, 6.45) is -0.940. The van der Waals surface area contributed by atoms with Crippen LogP contribution in [0.3, 0.4) is 0 Å². The van der Waals surface area contributed by atoms with E-state index in [9.17, 15) is 39.1 Å². The molecule has 2 saturated heterocycles. The molecule has 6 rings (SSSR count). The van der Waals surface area contributed by atoms with Gasteiger partial charge in [0.15, 0.2) is 12.6 Å². The first-order valence-electron chi connectivity index (χ1n) is 20.8. The molecule has 15 heteroatoms. The summed E-state index contributed by atoms with van der Waals surface area (Å²) in [6.45, 7) is 10.9. The third kappa shape index (κ3) is 9.04. The van der Waals surface area contributed by atoms with E-state index in [1.54, 1.807) is 0 Å². The predicted octanol–water partition coefficient (Wildman–Crippen LogP) is 3.25. The monoisotopic (exact) mass is 804 g/mol. The summed E-state index contributed by atoms with van der Waals surface area (Å²) in [7, 11) is -4.77. The zero-order valence-corrected chi connectivity index (χ0v) is 34.0. The average Bonchev–Trinajstić information content (AvgIpc) is 3.48. The third-order valence-electron chi connectivity index (χ3n) is 15.0. The normalized spacial score (nSPS) is 46.8. The Kier molecular flexibility index (Phi) is 13.9. The lowest BCUT2D eigenvalue weighted by Gasteiger charge is -2.58. The quantitative estimate of drug-likeness (QED) is 0.0990. The van der Waals surface area contributed by atoms with Crippen LogP contribution in [0, 0.1) is 46.3 Å². The molecule has 55 heavy (non-hydrogen) atoms. The van der Waals surface area contributed by atoms with Gasteiger partial charge in [0.2, 0.25) is 0 Å². The SMILES string of the molecule is CC(C)CCC[C@@H](C)[C@H]1CC[C@H]2[C@@H]3CC=C4C[C@@H](O[C@@H]5OC(CO)[C@@H](O[C@H]6OC(CCOS(=O)(=O)O)[C@@H](O)[C@H](O)C6O)[C@H](O)C5O)CC[C@]4(C)[C@H]3CC[C@]12C. The molecule has 0 bridgehead atoms. The molecule has 2 heterocycles. The number of hydrogen-bond acceptors (Lipinski definition) is 13. The first kappa shape index (κ1) is 43.8. The van der Waals surface area contributed by atoms with Gasteiger partial charge in [0.25, 0.3) is 0 Å². The predicted molar refractivity (Wildman–Crippen MR) is 199 cm³/mol. The van der Waals surface area contributed by atoms with Crippen molar-refractivity contribution in [3.05, 3.63) is 11.6 Å². The van der Waals surface area contributed by atoms with Gasteiger partial charge in [0.05, 0.1) is 25.4 Å². The first-order chi connectivity index (χ1) is 25.9. The number of aliphatic hydroxyl groups is 6. The first-order valence-corrected chi connectivity index (χ1v) is 22.2. The van der Waals surface area contributed by atoms with E-state index in [2.05, 4.69) is 44.9 Å². The van der Waals surface area contributed by atoms with E-state index in [0.717, 1.165) is 42.9 Å². The molecule has 0 radical (unpaired) electrons. The number of hydrogen-bond donors (Lipinski definition) is 7. The summed E-state index contributed by atoms with van der Waals surface area (Å²) in [6, 6.07) is 0. The van der Waals surface area contributed by atoms with Gasteiger partial charge in [-0.1, -0.05) is 65.5 Å². The highest BCUT2D eigenvalue weighted by molar-refractivity contribution is 7.80. The van der Waals surface area contributed by atoms with E-state index < -0.39 is 85.0 Å². The van der Waals surface area contributed by atoms with Crippen LogP contribution in [0.15, 0.2) is 11.6 Å². The summed E-state index contributed by atoms with van der Waals surface area (Å²) in [4.78, 5) is 0. The summed E-state index contributed by atoms with van der Waals surface area (Å²) in [5, 5.41) is 64.1. The van der Waals surface area contributed by atoms with Crippen molar-refractivity contribution in [1.82, 2.24) is 0 Å². The second kappa shape index (κ2) is 17.4. The Morgan fingerprint density at radius 1 is 0.836 bits per heavy atom. The van der Waals surface area contributed by atoms with E-state index >= 15 is 0 Å². The molecular weight excluding hydrogens is 736 g/mol. The van der Waals surface area contributed by atoms with Gasteiger partial charge in [-0.05, 0) is 97.7 Å². The Morgan fingerprint density at radius 3 is 2.22 bits per heavy atom. The van der Waals surface area contributed by atoms with Gasteiger partial charge >= 0.3 is 10.4 Å². The minimum atomic E-state index is -4.77. The van der Waals surface area contributed by atoms with Crippen molar-refractivity contribution in [1.29, 1.82) is 0 Å². The average molecular weight is 805 g/mol. The Bertz CT molecular complexity index is 1430. The fourth-order valence-corrected chi connectivity index (χ4v) is 12.3. The minimum Gasteiger partial charge on any atom is -0.394 e. The molecule has 4 aliphatic carbocycles. The highest BCUT2D eigenvalue weighted by Gasteiger charge is 2.59. The molecule has 4 unspecified atom stereocenters. The van der Waals surface area contributed by atoms with Crippen molar-refractivity contribution in [2.24, 2.45) is 46.3 Å². The van der Waals surface area contributed by atoms with Crippen molar-refractivity contribution in [2.75, 3.05) is 13.2 Å². The zero-order chi connectivity index (χ0) is 40.0. The fraction of sp³-hybridized carbons (Fsp3) is 0.950. The third-order valence-corrected chi connectivity index (χ3v) is 15.5. The van der Waals surface area contributed by atoms with Gasteiger partial charge in [-0.25, -0.2) is 4.18 Å². The lowest BCUT2D eigenvalue weighted by Crippen LogP contribution is -2.64. The van der Waals surface area contributed by atoms with Crippen LogP contribution < -0.4 is 0 Å². The molecule has 0 aromatic carbocycles. The molecular formula is C40H68O14S. The van der Waals surface area contributed by atoms with Crippen molar-refractivity contribution >= 4 is 10.4 Å². The molecule has 0 spiro atoms. The van der Waals surface area contributed by atoms with E-state index in [4.69, 9.17) is 23.5 Å². The maximum atomic E-state index is 11.2. The Hall–Kier alpha value is -0.790. The van der Waals surface area contributed by atoms with E-state index in [1.165, 1.54) is 50.5 Å². The summed E-state index contributed by atoms with van der Waals surface area (Å²) >= 11 is 0. The van der Waals surface area contributed by atoms with Gasteiger partial charge in [-0.2, -0.15) is 8.42 Å². The number of fused-ring (bicyclic) bond motifs is 5. The molecule has 6 aliphatic rings. The van der Waals surface area contributed by atoms with Crippen LogP contribution in [-0.4, -0.2) is 124 Å². The lowest BCUT2D eigenvalue weighted by atomic mass is 9.47. The van der Waals surface area contributed by atoms with Crippen LogP contribution in [0.2, 0.25) is 0 Å². The number of ether oxygens (including phenoxy) is 4. The minimum absolute atomic E-state index is 0.0819. The Balaban J connectivity index is 1.06. The number of rotatable bonds is 14. The van der Waals surface area contributed by atoms with Gasteiger partial charge in [0, 0.05) is 6.42 Å². The van der Waals surface area contributed by atoms with Crippen molar-refractivity contribution < 1.29 is 66.7 Å². The Morgan fingerprint density at radius 2 is 1.53 bits per heavy atom. The Labute approximate surface area is 326 Å². The van der Waals surface area contributed by atoms with Crippen molar-refractivity contribution in [3.63, 3.8) is 0 Å². The smallest absolute Gasteiger partial charge is 0.394 e. The van der Waals surface area contributed by atoms with E-state index in [-0.39, 0.29) is 17.9 Å². The molecule has 0 amide bonds. The molecule has 0 aromatic rings. The lowest BCUT2D eigenvalue weighted by molar-refractivity contribution is -0.362.